The van der Waals surface area contributed by atoms with E-state index in [2.05, 4.69) is 54.1 Å². The number of nitrogens with two attached hydrogens (primary N) is 1. The number of hydrazine groups is 1. The molecule has 17 heavy (non-hydrogen) atoms. The monoisotopic (exact) mass is 246 g/mol. The third-order valence-electron chi connectivity index (χ3n) is 2.82. The quantitative estimate of drug-likeness (QED) is 0.628. The molecule has 3 heteroatoms. The molecule has 0 aliphatic heterocycles. The Bertz CT molecular complexity index is 451. The lowest BCUT2D eigenvalue weighted by molar-refractivity contribution is 0.645. The van der Waals surface area contributed by atoms with Crippen LogP contribution >= 0.6 is 11.3 Å². The first-order valence-electron chi connectivity index (χ1n) is 5.93. The van der Waals surface area contributed by atoms with Crippen LogP contribution in [0, 0.1) is 0 Å². The molecule has 0 aliphatic carbocycles. The maximum Gasteiger partial charge on any atom is 0.0802 e. The van der Waals surface area contributed by atoms with Gasteiger partial charge in [-0.1, -0.05) is 43.7 Å². The van der Waals surface area contributed by atoms with Crippen molar-refractivity contribution < 1.29 is 0 Å². The first-order chi connectivity index (χ1) is 8.35. The predicted molar refractivity (Wildman–Crippen MR) is 73.9 cm³/mol. The van der Waals surface area contributed by atoms with Crippen molar-refractivity contribution in [2.24, 2.45) is 5.84 Å². The highest BCUT2D eigenvalue weighted by atomic mass is 32.1. The minimum Gasteiger partial charge on any atom is -0.271 e. The SMILES string of the molecule is CCCc1cccc(C(NN)c2cccs2)c1. The van der Waals surface area contributed by atoms with Gasteiger partial charge in [0.25, 0.3) is 0 Å². The van der Waals surface area contributed by atoms with E-state index in [0.29, 0.717) is 0 Å². The Balaban J connectivity index is 2.28. The summed E-state index contributed by atoms with van der Waals surface area (Å²) >= 11 is 1.73. The van der Waals surface area contributed by atoms with Crippen LogP contribution in [0.1, 0.15) is 35.4 Å². The lowest BCUT2D eigenvalue weighted by Crippen LogP contribution is -2.28. The van der Waals surface area contributed by atoms with Crippen LogP contribution in [0.25, 0.3) is 0 Å². The van der Waals surface area contributed by atoms with Gasteiger partial charge < -0.3 is 0 Å². The Labute approximate surface area is 106 Å². The number of rotatable bonds is 5. The van der Waals surface area contributed by atoms with Crippen molar-refractivity contribution in [3.05, 3.63) is 57.8 Å². The zero-order chi connectivity index (χ0) is 12.1. The zero-order valence-corrected chi connectivity index (χ0v) is 10.8. The van der Waals surface area contributed by atoms with Crippen LogP contribution in [0.4, 0.5) is 0 Å². The topological polar surface area (TPSA) is 38.0 Å². The van der Waals surface area contributed by atoms with Gasteiger partial charge in [-0.05, 0) is 29.0 Å². The largest absolute Gasteiger partial charge is 0.271 e. The summed E-state index contributed by atoms with van der Waals surface area (Å²) in [5.74, 6) is 5.68. The van der Waals surface area contributed by atoms with E-state index in [4.69, 9.17) is 5.84 Å². The summed E-state index contributed by atoms with van der Waals surface area (Å²) in [6, 6.07) is 12.9. The third-order valence-corrected chi connectivity index (χ3v) is 3.75. The average Bonchev–Trinajstić information content (AvgIpc) is 2.85. The van der Waals surface area contributed by atoms with Crippen LogP contribution in [0.2, 0.25) is 0 Å². The van der Waals surface area contributed by atoms with Crippen LogP contribution in [-0.2, 0) is 6.42 Å². The van der Waals surface area contributed by atoms with E-state index in [1.807, 2.05) is 0 Å². The Kier molecular flexibility index (Phi) is 4.31. The molecular formula is C14H18N2S. The maximum absolute atomic E-state index is 5.68. The van der Waals surface area contributed by atoms with Crippen molar-refractivity contribution in [3.63, 3.8) is 0 Å². The molecule has 90 valence electrons. The summed E-state index contributed by atoms with van der Waals surface area (Å²) < 4.78 is 0. The van der Waals surface area contributed by atoms with Crippen LogP contribution < -0.4 is 11.3 Å². The minimum absolute atomic E-state index is 0.104. The lowest BCUT2D eigenvalue weighted by Gasteiger charge is -2.15. The molecule has 0 radical (unpaired) electrons. The average molecular weight is 246 g/mol. The van der Waals surface area contributed by atoms with E-state index in [0.717, 1.165) is 6.42 Å². The normalized spacial score (nSPS) is 12.6. The smallest absolute Gasteiger partial charge is 0.0802 e. The molecule has 2 nitrogen and oxygen atoms in total. The zero-order valence-electron chi connectivity index (χ0n) is 10.0. The van der Waals surface area contributed by atoms with Gasteiger partial charge in [0.15, 0.2) is 0 Å². The molecule has 2 rings (SSSR count). The van der Waals surface area contributed by atoms with Crippen molar-refractivity contribution in [2.45, 2.75) is 25.8 Å². The fourth-order valence-electron chi connectivity index (χ4n) is 2.02. The molecule has 3 N–H and O–H groups in total. The molecule has 0 saturated carbocycles. The molecule has 0 saturated heterocycles. The van der Waals surface area contributed by atoms with Crippen molar-refractivity contribution in [1.29, 1.82) is 0 Å². The number of hydrogen-bond donors (Lipinski definition) is 2. The molecule has 0 aliphatic rings. The number of benzene rings is 1. The Morgan fingerprint density at radius 1 is 1.29 bits per heavy atom. The molecule has 1 atom stereocenters. The van der Waals surface area contributed by atoms with Gasteiger partial charge in [-0.15, -0.1) is 11.3 Å². The van der Waals surface area contributed by atoms with Gasteiger partial charge in [-0.2, -0.15) is 0 Å². The van der Waals surface area contributed by atoms with E-state index >= 15 is 0 Å². The second-order valence-electron chi connectivity index (χ2n) is 4.11. The number of thiophene rings is 1. The second kappa shape index (κ2) is 5.96. The fourth-order valence-corrected chi connectivity index (χ4v) is 2.83. The van der Waals surface area contributed by atoms with E-state index in [1.165, 1.54) is 22.4 Å². The standard InChI is InChI=1S/C14H18N2S/c1-2-5-11-6-3-7-12(10-11)14(16-15)13-8-4-9-17-13/h3-4,6-10,14,16H,2,5,15H2,1H3. The van der Waals surface area contributed by atoms with Crippen LogP contribution in [-0.4, -0.2) is 0 Å². The Morgan fingerprint density at radius 2 is 2.18 bits per heavy atom. The second-order valence-corrected chi connectivity index (χ2v) is 5.09. The summed E-state index contributed by atoms with van der Waals surface area (Å²) in [5.41, 5.74) is 5.51. The van der Waals surface area contributed by atoms with E-state index in [9.17, 15) is 0 Å². The van der Waals surface area contributed by atoms with Gasteiger partial charge >= 0.3 is 0 Å². The summed E-state index contributed by atoms with van der Waals surface area (Å²) in [7, 11) is 0. The van der Waals surface area contributed by atoms with Crippen molar-refractivity contribution in [3.8, 4) is 0 Å². The summed E-state index contributed by atoms with van der Waals surface area (Å²) in [4.78, 5) is 1.25. The van der Waals surface area contributed by atoms with Gasteiger partial charge in [0.1, 0.15) is 0 Å². The molecule has 0 amide bonds. The van der Waals surface area contributed by atoms with Gasteiger partial charge in [-0.25, -0.2) is 5.43 Å². The highest BCUT2D eigenvalue weighted by molar-refractivity contribution is 7.10. The summed E-state index contributed by atoms with van der Waals surface area (Å²) in [5, 5.41) is 2.08. The first kappa shape index (κ1) is 12.3. The highest BCUT2D eigenvalue weighted by Crippen LogP contribution is 2.26. The van der Waals surface area contributed by atoms with Crippen LogP contribution in [0.5, 0.6) is 0 Å². The minimum atomic E-state index is 0.104. The van der Waals surface area contributed by atoms with Gasteiger partial charge in [0.2, 0.25) is 0 Å². The molecule has 1 heterocycles. The van der Waals surface area contributed by atoms with E-state index in [1.54, 1.807) is 11.3 Å². The summed E-state index contributed by atoms with van der Waals surface area (Å²) in [6.45, 7) is 2.20. The maximum atomic E-state index is 5.68. The first-order valence-corrected chi connectivity index (χ1v) is 6.81. The van der Waals surface area contributed by atoms with Gasteiger partial charge in [0.05, 0.1) is 6.04 Å². The third kappa shape index (κ3) is 2.94. The van der Waals surface area contributed by atoms with Crippen molar-refractivity contribution >= 4 is 11.3 Å². The van der Waals surface area contributed by atoms with Gasteiger partial charge in [-0.3, -0.25) is 5.84 Å². The van der Waals surface area contributed by atoms with Crippen molar-refractivity contribution in [1.82, 2.24) is 5.43 Å². The van der Waals surface area contributed by atoms with Crippen LogP contribution in [0.3, 0.4) is 0 Å². The predicted octanol–water partition coefficient (Wildman–Crippen LogP) is 3.25. The molecule has 1 aromatic heterocycles. The Hall–Kier alpha value is -1.16. The van der Waals surface area contributed by atoms with E-state index < -0.39 is 0 Å². The fraction of sp³-hybridized carbons (Fsp3) is 0.286. The van der Waals surface area contributed by atoms with Gasteiger partial charge in [0, 0.05) is 4.88 Å². The summed E-state index contributed by atoms with van der Waals surface area (Å²) in [6.07, 6.45) is 2.29. The Morgan fingerprint density at radius 3 is 2.82 bits per heavy atom. The molecule has 1 unspecified atom stereocenters. The number of hydrogen-bond acceptors (Lipinski definition) is 3. The molecular weight excluding hydrogens is 228 g/mol. The lowest BCUT2D eigenvalue weighted by atomic mass is 10.0. The molecule has 0 spiro atoms. The highest BCUT2D eigenvalue weighted by Gasteiger charge is 2.13. The van der Waals surface area contributed by atoms with Crippen molar-refractivity contribution in [2.75, 3.05) is 0 Å². The molecule has 0 fully saturated rings. The number of nitrogens with one attached hydrogen (secondary N) is 1. The van der Waals surface area contributed by atoms with Crippen LogP contribution in [0.15, 0.2) is 41.8 Å². The molecule has 0 bridgehead atoms. The molecule has 2 aromatic rings. The number of aryl methyl sites for hydroxylation is 1. The van der Waals surface area contributed by atoms with E-state index in [-0.39, 0.29) is 6.04 Å². The molecule has 1 aromatic carbocycles.